The lowest BCUT2D eigenvalue weighted by atomic mass is 10.1. The predicted molar refractivity (Wildman–Crippen MR) is 107 cm³/mol. The van der Waals surface area contributed by atoms with Crippen LogP contribution in [0.4, 0.5) is 0 Å². The summed E-state index contributed by atoms with van der Waals surface area (Å²) in [5.74, 6) is -0.295. The van der Waals surface area contributed by atoms with Gasteiger partial charge in [0.15, 0.2) is 0 Å². The number of methoxy groups -OCH3 is 1. The molecule has 0 aliphatic carbocycles. The summed E-state index contributed by atoms with van der Waals surface area (Å²) < 4.78 is 32.6. The van der Waals surface area contributed by atoms with E-state index < -0.39 is 22.0 Å². The minimum Gasteiger partial charge on any atom is -0.495 e. The molecule has 152 valence electrons. The van der Waals surface area contributed by atoms with Gasteiger partial charge in [0, 0.05) is 19.2 Å². The van der Waals surface area contributed by atoms with Crippen molar-refractivity contribution in [2.75, 3.05) is 20.8 Å². The van der Waals surface area contributed by atoms with E-state index in [1.807, 2.05) is 37.3 Å². The van der Waals surface area contributed by atoms with Crippen LogP contribution >= 0.6 is 0 Å². The van der Waals surface area contributed by atoms with Gasteiger partial charge in [-0.15, -0.1) is 0 Å². The summed E-state index contributed by atoms with van der Waals surface area (Å²) in [6, 6.07) is 13.1. The zero-order valence-electron chi connectivity index (χ0n) is 16.3. The summed E-state index contributed by atoms with van der Waals surface area (Å²) in [5.41, 5.74) is 1.02. The van der Waals surface area contributed by atoms with Gasteiger partial charge in [-0.3, -0.25) is 4.79 Å². The first-order chi connectivity index (χ1) is 13.3. The predicted octanol–water partition coefficient (Wildman–Crippen LogP) is 2.02. The number of aliphatic hydroxyl groups is 1. The Hall–Kier alpha value is -2.42. The first-order valence-corrected chi connectivity index (χ1v) is 10.4. The second-order valence-corrected chi connectivity index (χ2v) is 8.39. The molecule has 8 heteroatoms. The largest absolute Gasteiger partial charge is 0.495 e. The fourth-order valence-electron chi connectivity index (χ4n) is 2.66. The van der Waals surface area contributed by atoms with E-state index in [0.717, 1.165) is 5.56 Å². The van der Waals surface area contributed by atoms with Crippen LogP contribution in [-0.2, 0) is 16.6 Å². The van der Waals surface area contributed by atoms with Gasteiger partial charge in [0.2, 0.25) is 10.0 Å². The second kappa shape index (κ2) is 9.68. The number of ether oxygens (including phenoxy) is 1. The molecular formula is C20H26N2O5S. The van der Waals surface area contributed by atoms with E-state index in [0.29, 0.717) is 6.42 Å². The van der Waals surface area contributed by atoms with E-state index in [1.165, 1.54) is 36.7 Å². The summed E-state index contributed by atoms with van der Waals surface area (Å²) in [4.78, 5) is 12.4. The molecule has 7 nitrogen and oxygen atoms in total. The number of amides is 1. The van der Waals surface area contributed by atoms with Crippen molar-refractivity contribution >= 4 is 15.9 Å². The summed E-state index contributed by atoms with van der Waals surface area (Å²) in [6.45, 7) is 1.83. The minimum atomic E-state index is -3.90. The van der Waals surface area contributed by atoms with Crippen LogP contribution in [-0.4, -0.2) is 50.5 Å². The molecule has 0 heterocycles. The van der Waals surface area contributed by atoms with Crippen molar-refractivity contribution in [3.05, 3.63) is 59.7 Å². The van der Waals surface area contributed by atoms with Gasteiger partial charge in [0.1, 0.15) is 10.6 Å². The normalized spacial score (nSPS) is 12.6. The first kappa shape index (κ1) is 21.9. The summed E-state index contributed by atoms with van der Waals surface area (Å²) in [6.07, 6.45) is 0.559. The molecule has 0 aliphatic rings. The number of nitrogens with one attached hydrogen (secondary N) is 1. The highest BCUT2D eigenvalue weighted by atomic mass is 32.2. The topological polar surface area (TPSA) is 95.9 Å². The van der Waals surface area contributed by atoms with Crippen molar-refractivity contribution in [2.45, 2.75) is 30.8 Å². The minimum absolute atomic E-state index is 0.0851. The van der Waals surface area contributed by atoms with Gasteiger partial charge >= 0.3 is 0 Å². The van der Waals surface area contributed by atoms with Gasteiger partial charge < -0.3 is 15.2 Å². The Morgan fingerprint density at radius 2 is 1.89 bits per heavy atom. The number of rotatable bonds is 9. The smallest absolute Gasteiger partial charge is 0.251 e. The maximum atomic E-state index is 13.1. The standard InChI is InChI=1S/C20H26N2O5S/c1-4-17(14-23)21-20(24)16-10-11-18(27-3)19(12-16)28(25,26)22(2)13-15-8-6-5-7-9-15/h5-12,17,23H,4,13-14H2,1-3H3,(H,21,24)/t17-/m0/s1. The molecule has 2 aromatic carbocycles. The van der Waals surface area contributed by atoms with Crippen LogP contribution in [0.1, 0.15) is 29.3 Å². The number of aliphatic hydroxyl groups excluding tert-OH is 1. The Morgan fingerprint density at radius 1 is 1.21 bits per heavy atom. The highest BCUT2D eigenvalue weighted by Gasteiger charge is 2.26. The van der Waals surface area contributed by atoms with Crippen LogP contribution in [0.2, 0.25) is 0 Å². The number of sulfonamides is 1. The molecule has 0 unspecified atom stereocenters. The van der Waals surface area contributed by atoms with Gasteiger partial charge in [-0.1, -0.05) is 37.3 Å². The van der Waals surface area contributed by atoms with Crippen molar-refractivity contribution in [1.82, 2.24) is 9.62 Å². The van der Waals surface area contributed by atoms with Crippen molar-refractivity contribution in [2.24, 2.45) is 0 Å². The molecule has 0 saturated heterocycles. The summed E-state index contributed by atoms with van der Waals surface area (Å²) >= 11 is 0. The van der Waals surface area contributed by atoms with E-state index in [2.05, 4.69) is 5.32 Å². The van der Waals surface area contributed by atoms with Gasteiger partial charge in [-0.25, -0.2) is 8.42 Å². The van der Waals surface area contributed by atoms with E-state index in [9.17, 15) is 18.3 Å². The van der Waals surface area contributed by atoms with Crippen molar-refractivity contribution < 1.29 is 23.1 Å². The summed E-state index contributed by atoms with van der Waals surface area (Å²) in [7, 11) is -1.04. The van der Waals surface area contributed by atoms with Gasteiger partial charge in [0.25, 0.3) is 5.91 Å². The molecule has 0 aliphatic heterocycles. The average Bonchev–Trinajstić information content (AvgIpc) is 2.71. The van der Waals surface area contributed by atoms with Gasteiger partial charge in [-0.2, -0.15) is 4.31 Å². The number of hydrogen-bond acceptors (Lipinski definition) is 5. The van der Waals surface area contributed by atoms with Crippen molar-refractivity contribution in [3.8, 4) is 5.75 Å². The molecule has 0 radical (unpaired) electrons. The number of carbonyl (C=O) groups excluding carboxylic acids is 1. The third kappa shape index (κ3) is 5.09. The summed E-state index contributed by atoms with van der Waals surface area (Å²) in [5, 5.41) is 11.9. The molecule has 28 heavy (non-hydrogen) atoms. The Balaban J connectivity index is 2.35. The van der Waals surface area contributed by atoms with E-state index in [-0.39, 0.29) is 29.4 Å². The van der Waals surface area contributed by atoms with E-state index in [1.54, 1.807) is 0 Å². The third-order valence-electron chi connectivity index (χ3n) is 4.41. The number of hydrogen-bond donors (Lipinski definition) is 2. The molecule has 0 saturated carbocycles. The lowest BCUT2D eigenvalue weighted by molar-refractivity contribution is 0.0914. The van der Waals surface area contributed by atoms with Crippen LogP contribution in [0.25, 0.3) is 0 Å². The molecule has 0 bridgehead atoms. The Morgan fingerprint density at radius 3 is 2.46 bits per heavy atom. The highest BCUT2D eigenvalue weighted by Crippen LogP contribution is 2.28. The van der Waals surface area contributed by atoms with Gasteiger partial charge in [-0.05, 0) is 30.2 Å². The second-order valence-electron chi connectivity index (χ2n) is 6.37. The molecule has 2 aromatic rings. The third-order valence-corrected chi connectivity index (χ3v) is 6.24. The van der Waals surface area contributed by atoms with Crippen molar-refractivity contribution in [3.63, 3.8) is 0 Å². The number of carbonyl (C=O) groups is 1. The Kier molecular flexibility index (Phi) is 7.56. The molecule has 0 spiro atoms. The van der Waals surface area contributed by atoms with Crippen molar-refractivity contribution in [1.29, 1.82) is 0 Å². The quantitative estimate of drug-likeness (QED) is 0.664. The SMILES string of the molecule is CC[C@@H](CO)NC(=O)c1ccc(OC)c(S(=O)(=O)N(C)Cc2ccccc2)c1. The van der Waals surface area contributed by atoms with Crippen LogP contribution in [0.15, 0.2) is 53.4 Å². The molecule has 2 N–H and O–H groups in total. The number of nitrogens with zero attached hydrogens (tertiary/aromatic N) is 1. The zero-order chi connectivity index (χ0) is 20.7. The number of benzene rings is 2. The molecule has 1 amide bonds. The maximum Gasteiger partial charge on any atom is 0.251 e. The Bertz CT molecular complexity index is 896. The monoisotopic (exact) mass is 406 g/mol. The molecular weight excluding hydrogens is 380 g/mol. The van der Waals surface area contributed by atoms with Crippen LogP contribution in [0.3, 0.4) is 0 Å². The fourth-order valence-corrected chi connectivity index (χ4v) is 3.99. The first-order valence-electron chi connectivity index (χ1n) is 8.93. The molecule has 1 atom stereocenters. The highest BCUT2D eigenvalue weighted by molar-refractivity contribution is 7.89. The van der Waals surface area contributed by atoms with E-state index >= 15 is 0 Å². The van der Waals surface area contributed by atoms with Gasteiger partial charge in [0.05, 0.1) is 19.8 Å². The lowest BCUT2D eigenvalue weighted by Crippen LogP contribution is -2.37. The zero-order valence-corrected chi connectivity index (χ0v) is 17.1. The maximum absolute atomic E-state index is 13.1. The van der Waals surface area contributed by atoms with Crippen LogP contribution in [0, 0.1) is 0 Å². The van der Waals surface area contributed by atoms with E-state index in [4.69, 9.17) is 4.74 Å². The average molecular weight is 407 g/mol. The Labute approximate surface area is 166 Å². The molecule has 0 fully saturated rings. The lowest BCUT2D eigenvalue weighted by Gasteiger charge is -2.20. The fraction of sp³-hybridized carbons (Fsp3) is 0.350. The van der Waals surface area contributed by atoms with Crippen LogP contribution in [0.5, 0.6) is 5.75 Å². The molecule has 0 aromatic heterocycles. The molecule has 2 rings (SSSR count). The van der Waals surface area contributed by atoms with Crippen LogP contribution < -0.4 is 10.1 Å².